The minimum absolute atomic E-state index is 0.132. The molecule has 0 aliphatic rings. The second-order valence-electron chi connectivity index (χ2n) is 3.99. The first-order valence-electron chi connectivity index (χ1n) is 6.02. The van der Waals surface area contributed by atoms with Gasteiger partial charge in [0.15, 0.2) is 5.82 Å². The van der Waals surface area contributed by atoms with E-state index in [2.05, 4.69) is 25.6 Å². The second-order valence-corrected chi connectivity index (χ2v) is 3.99. The average Bonchev–Trinajstić information content (AvgIpc) is 2.45. The van der Waals surface area contributed by atoms with E-state index in [0.717, 1.165) is 0 Å². The molecule has 22 heavy (non-hydrogen) atoms. The maximum absolute atomic E-state index is 10.9. The van der Waals surface area contributed by atoms with E-state index >= 15 is 0 Å². The first-order chi connectivity index (χ1) is 10.5. The molecule has 1 heterocycles. The van der Waals surface area contributed by atoms with Crippen LogP contribution in [0.5, 0.6) is 5.75 Å². The van der Waals surface area contributed by atoms with E-state index in [1.54, 1.807) is 24.3 Å². The van der Waals surface area contributed by atoms with E-state index in [-0.39, 0.29) is 17.7 Å². The van der Waals surface area contributed by atoms with Crippen LogP contribution in [0.4, 0.5) is 21.5 Å². The van der Waals surface area contributed by atoms with Gasteiger partial charge < -0.3 is 16.2 Å². The van der Waals surface area contributed by atoms with E-state index in [0.29, 0.717) is 11.3 Å². The highest BCUT2D eigenvalue weighted by atomic mass is 16.5. The van der Waals surface area contributed by atoms with Crippen LogP contribution in [0, 0.1) is 0 Å². The number of aromatic nitrogens is 3. The average molecular weight is 303 g/mol. The van der Waals surface area contributed by atoms with Gasteiger partial charge in [0.25, 0.3) is 0 Å². The summed E-state index contributed by atoms with van der Waals surface area (Å²) in [6.07, 6.45) is 0. The fourth-order valence-corrected chi connectivity index (χ4v) is 1.66. The molecule has 0 saturated carbocycles. The Labute approximate surface area is 124 Å². The second kappa shape index (κ2) is 6.35. The summed E-state index contributed by atoms with van der Waals surface area (Å²) in [5, 5.41) is 4.42. The van der Waals surface area contributed by atoms with Gasteiger partial charge in [0.2, 0.25) is 11.9 Å². The van der Waals surface area contributed by atoms with Crippen molar-refractivity contribution in [1.29, 1.82) is 0 Å². The number of carbonyl (C=O) groups is 2. The number of amides is 4. The molecule has 0 radical (unpaired) electrons. The highest BCUT2D eigenvalue weighted by molar-refractivity contribution is 5.88. The Kier molecular flexibility index (Phi) is 4.32. The molecule has 2 rings (SSSR count). The zero-order chi connectivity index (χ0) is 16.1. The Bertz CT molecular complexity index is 685. The number of anilines is 2. The van der Waals surface area contributed by atoms with E-state index in [1.807, 2.05) is 0 Å². The van der Waals surface area contributed by atoms with Gasteiger partial charge in [-0.05, 0) is 12.1 Å². The van der Waals surface area contributed by atoms with Gasteiger partial charge in [-0.15, -0.1) is 0 Å². The quantitative estimate of drug-likeness (QED) is 0.644. The molecule has 10 nitrogen and oxygen atoms in total. The summed E-state index contributed by atoms with van der Waals surface area (Å²) < 4.78 is 5.22. The lowest BCUT2D eigenvalue weighted by atomic mass is 10.2. The predicted octanol–water partition coefficient (Wildman–Crippen LogP) is 0.528. The molecular weight excluding hydrogens is 290 g/mol. The Hall–Kier alpha value is -3.43. The number of hydrogen-bond acceptors (Lipinski definition) is 6. The lowest BCUT2D eigenvalue weighted by molar-refractivity contribution is 0.258. The summed E-state index contributed by atoms with van der Waals surface area (Å²) >= 11 is 0. The summed E-state index contributed by atoms with van der Waals surface area (Å²) in [6, 6.07) is 5.22. The Morgan fingerprint density at radius 3 is 2.05 bits per heavy atom. The normalized spacial score (nSPS) is 9.86. The zero-order valence-electron chi connectivity index (χ0n) is 11.5. The van der Waals surface area contributed by atoms with Gasteiger partial charge in [0.05, 0.1) is 12.7 Å². The number of hydrogen-bond donors (Lipinski definition) is 4. The van der Waals surface area contributed by atoms with Gasteiger partial charge in [-0.2, -0.15) is 15.0 Å². The summed E-state index contributed by atoms with van der Waals surface area (Å²) in [5.41, 5.74) is 10.6. The van der Waals surface area contributed by atoms with Crippen LogP contribution in [0.15, 0.2) is 24.3 Å². The maximum atomic E-state index is 10.9. The van der Waals surface area contributed by atoms with Crippen LogP contribution in [0.1, 0.15) is 0 Å². The summed E-state index contributed by atoms with van der Waals surface area (Å²) in [4.78, 5) is 33.8. The van der Waals surface area contributed by atoms with Gasteiger partial charge in [-0.25, -0.2) is 9.59 Å². The van der Waals surface area contributed by atoms with Crippen molar-refractivity contribution in [2.75, 3.05) is 17.7 Å². The molecule has 0 aliphatic heterocycles. The Morgan fingerprint density at radius 2 is 1.55 bits per heavy atom. The molecule has 0 atom stereocenters. The van der Waals surface area contributed by atoms with E-state index in [4.69, 9.17) is 16.2 Å². The van der Waals surface area contributed by atoms with Crippen LogP contribution in [0.3, 0.4) is 0 Å². The first-order valence-corrected chi connectivity index (χ1v) is 6.02. The maximum Gasteiger partial charge on any atom is 0.319 e. The highest BCUT2D eigenvalue weighted by Gasteiger charge is 2.14. The van der Waals surface area contributed by atoms with E-state index < -0.39 is 12.1 Å². The van der Waals surface area contributed by atoms with E-state index in [1.165, 1.54) is 7.11 Å². The van der Waals surface area contributed by atoms with Crippen molar-refractivity contribution < 1.29 is 14.3 Å². The third-order valence-electron chi connectivity index (χ3n) is 2.45. The number of benzene rings is 1. The molecule has 10 heteroatoms. The standard InChI is InChI=1S/C12H13N7O3/c1-22-7-5-3-2-4-6(7)8-15-11(17-9(13)20)19-12(16-8)18-10(14)21/h2-5H,1H3,(H6,13,14,15,16,17,18,19,20,21). The number of methoxy groups -OCH3 is 1. The topological polar surface area (TPSA) is 158 Å². The monoisotopic (exact) mass is 303 g/mol. The number of nitrogens with one attached hydrogen (secondary N) is 2. The van der Waals surface area contributed by atoms with Crippen LogP contribution in [-0.2, 0) is 0 Å². The lowest BCUT2D eigenvalue weighted by Crippen LogP contribution is -2.24. The molecule has 4 amide bonds. The number of urea groups is 2. The van der Waals surface area contributed by atoms with Crippen molar-refractivity contribution in [3.05, 3.63) is 24.3 Å². The molecule has 1 aromatic carbocycles. The van der Waals surface area contributed by atoms with Crippen molar-refractivity contribution in [2.45, 2.75) is 0 Å². The molecule has 114 valence electrons. The molecule has 0 unspecified atom stereocenters. The molecule has 0 aliphatic carbocycles. The van der Waals surface area contributed by atoms with Crippen LogP contribution in [-0.4, -0.2) is 34.1 Å². The van der Waals surface area contributed by atoms with E-state index in [9.17, 15) is 9.59 Å². The minimum Gasteiger partial charge on any atom is -0.496 e. The smallest absolute Gasteiger partial charge is 0.319 e. The van der Waals surface area contributed by atoms with Crippen LogP contribution < -0.4 is 26.8 Å². The number of rotatable bonds is 4. The number of primary amides is 2. The largest absolute Gasteiger partial charge is 0.496 e. The minimum atomic E-state index is -0.859. The molecule has 0 saturated heterocycles. The fourth-order valence-electron chi connectivity index (χ4n) is 1.66. The molecular formula is C12H13N7O3. The number of carbonyl (C=O) groups excluding carboxylic acids is 2. The van der Waals surface area contributed by atoms with Crippen LogP contribution in [0.25, 0.3) is 11.4 Å². The van der Waals surface area contributed by atoms with Crippen LogP contribution in [0.2, 0.25) is 0 Å². The number of nitrogens with zero attached hydrogens (tertiary/aromatic N) is 3. The molecule has 2 aromatic rings. The lowest BCUT2D eigenvalue weighted by Gasteiger charge is -2.10. The molecule has 0 spiro atoms. The molecule has 1 aromatic heterocycles. The van der Waals surface area contributed by atoms with Crippen molar-refractivity contribution in [1.82, 2.24) is 15.0 Å². The Balaban J connectivity index is 2.53. The number of para-hydroxylation sites is 1. The molecule has 0 bridgehead atoms. The number of ether oxygens (including phenoxy) is 1. The highest BCUT2D eigenvalue weighted by Crippen LogP contribution is 2.27. The summed E-state index contributed by atoms with van der Waals surface area (Å²) in [5.74, 6) is 0.406. The van der Waals surface area contributed by atoms with Gasteiger partial charge in [-0.3, -0.25) is 10.6 Å². The fraction of sp³-hybridized carbons (Fsp3) is 0.0833. The van der Waals surface area contributed by atoms with Gasteiger partial charge in [0, 0.05) is 0 Å². The van der Waals surface area contributed by atoms with Crippen molar-refractivity contribution in [3.63, 3.8) is 0 Å². The first kappa shape index (κ1) is 15.0. The SMILES string of the molecule is COc1ccccc1-c1nc(NC(N)=O)nc(NC(N)=O)n1. The summed E-state index contributed by atoms with van der Waals surface area (Å²) in [6.45, 7) is 0. The molecule has 6 N–H and O–H groups in total. The summed E-state index contributed by atoms with van der Waals surface area (Å²) in [7, 11) is 1.49. The van der Waals surface area contributed by atoms with Crippen LogP contribution >= 0.6 is 0 Å². The predicted molar refractivity (Wildman–Crippen MR) is 78.2 cm³/mol. The Morgan fingerprint density at radius 1 is 1.00 bits per heavy atom. The van der Waals surface area contributed by atoms with Crippen molar-refractivity contribution in [2.24, 2.45) is 11.5 Å². The van der Waals surface area contributed by atoms with Crippen molar-refractivity contribution in [3.8, 4) is 17.1 Å². The number of nitrogens with two attached hydrogens (primary N) is 2. The third-order valence-corrected chi connectivity index (χ3v) is 2.45. The van der Waals surface area contributed by atoms with Gasteiger partial charge >= 0.3 is 12.1 Å². The molecule has 0 fully saturated rings. The zero-order valence-corrected chi connectivity index (χ0v) is 11.5. The van der Waals surface area contributed by atoms with Gasteiger partial charge in [0.1, 0.15) is 5.75 Å². The van der Waals surface area contributed by atoms with Gasteiger partial charge in [-0.1, -0.05) is 12.1 Å². The van der Waals surface area contributed by atoms with Crippen molar-refractivity contribution >= 4 is 24.0 Å². The third kappa shape index (κ3) is 3.56.